The van der Waals surface area contributed by atoms with Crippen molar-refractivity contribution in [1.82, 2.24) is 10.2 Å². The molecule has 0 unspecified atom stereocenters. The molecule has 106 valence electrons. The smallest absolute Gasteiger partial charge is 0.342 e. The first-order valence-corrected chi connectivity index (χ1v) is 6.31. The van der Waals surface area contributed by atoms with Crippen molar-refractivity contribution in [2.75, 3.05) is 0 Å². The summed E-state index contributed by atoms with van der Waals surface area (Å²) < 4.78 is 10.2. The third-order valence-corrected chi connectivity index (χ3v) is 2.98. The number of hydrogen-bond donors (Lipinski definition) is 1. The van der Waals surface area contributed by atoms with Crippen LogP contribution in [0, 0.1) is 6.92 Å². The van der Waals surface area contributed by atoms with E-state index in [-0.39, 0.29) is 23.8 Å². The Morgan fingerprint density at radius 3 is 2.62 bits per heavy atom. The number of aromatic nitrogens is 2. The summed E-state index contributed by atoms with van der Waals surface area (Å²) in [5.74, 6) is -0.162. The Morgan fingerprint density at radius 1 is 1.24 bits per heavy atom. The fraction of sp³-hybridized carbons (Fsp3) is 0.133. The van der Waals surface area contributed by atoms with Crippen LogP contribution in [0.25, 0.3) is 10.8 Å². The second-order valence-corrected chi connectivity index (χ2v) is 4.51. The van der Waals surface area contributed by atoms with E-state index in [1.54, 1.807) is 13.0 Å². The van der Waals surface area contributed by atoms with E-state index in [1.165, 1.54) is 6.07 Å². The minimum atomic E-state index is -0.644. The summed E-state index contributed by atoms with van der Waals surface area (Å²) in [4.78, 5) is 12.0. The molecule has 0 radical (unpaired) electrons. The largest absolute Gasteiger partial charge is 0.507 e. The summed E-state index contributed by atoms with van der Waals surface area (Å²) in [6.07, 6.45) is 0. The van der Waals surface area contributed by atoms with Gasteiger partial charge in [-0.15, -0.1) is 10.2 Å². The van der Waals surface area contributed by atoms with Gasteiger partial charge in [-0.1, -0.05) is 24.3 Å². The molecule has 3 aromatic rings. The number of esters is 1. The molecule has 3 rings (SSSR count). The number of hydrogen-bond acceptors (Lipinski definition) is 6. The molecule has 6 nitrogen and oxygen atoms in total. The van der Waals surface area contributed by atoms with Crippen LogP contribution in [0.2, 0.25) is 0 Å². The van der Waals surface area contributed by atoms with Crippen LogP contribution in [-0.4, -0.2) is 21.3 Å². The van der Waals surface area contributed by atoms with Gasteiger partial charge in [-0.25, -0.2) is 4.79 Å². The number of fused-ring (bicyclic) bond motifs is 1. The van der Waals surface area contributed by atoms with E-state index in [9.17, 15) is 9.90 Å². The van der Waals surface area contributed by atoms with E-state index in [2.05, 4.69) is 10.2 Å². The zero-order chi connectivity index (χ0) is 14.8. The van der Waals surface area contributed by atoms with E-state index in [1.807, 2.05) is 24.3 Å². The van der Waals surface area contributed by atoms with Gasteiger partial charge in [-0.2, -0.15) is 0 Å². The summed E-state index contributed by atoms with van der Waals surface area (Å²) >= 11 is 0. The van der Waals surface area contributed by atoms with Crippen molar-refractivity contribution in [2.45, 2.75) is 13.5 Å². The molecule has 2 aromatic carbocycles. The molecule has 0 amide bonds. The summed E-state index contributed by atoms with van der Waals surface area (Å²) in [6.45, 7) is 1.51. The van der Waals surface area contributed by atoms with Gasteiger partial charge in [0.2, 0.25) is 5.89 Å². The number of phenols is 1. The maximum atomic E-state index is 12.0. The molecule has 0 saturated carbocycles. The SMILES string of the molecule is Cc1nnc(COC(=O)c2cc3ccccc3cc2O)o1. The first-order chi connectivity index (χ1) is 10.1. The van der Waals surface area contributed by atoms with Crippen molar-refractivity contribution < 1.29 is 19.1 Å². The van der Waals surface area contributed by atoms with Crippen LogP contribution in [0.3, 0.4) is 0 Å². The Bertz CT molecular complexity index is 810. The van der Waals surface area contributed by atoms with Crippen LogP contribution in [0.4, 0.5) is 0 Å². The molecule has 0 aliphatic rings. The molecule has 0 aliphatic carbocycles. The number of carbonyl (C=O) groups is 1. The maximum absolute atomic E-state index is 12.0. The Morgan fingerprint density at radius 2 is 1.95 bits per heavy atom. The molecular weight excluding hydrogens is 272 g/mol. The molecule has 0 spiro atoms. The molecule has 0 aliphatic heterocycles. The van der Waals surface area contributed by atoms with Crippen molar-refractivity contribution in [1.29, 1.82) is 0 Å². The molecule has 0 fully saturated rings. The van der Waals surface area contributed by atoms with Gasteiger partial charge in [0.25, 0.3) is 5.89 Å². The van der Waals surface area contributed by atoms with Gasteiger partial charge in [-0.05, 0) is 22.9 Å². The summed E-state index contributed by atoms with van der Waals surface area (Å²) in [6, 6.07) is 10.5. The number of ether oxygens (including phenoxy) is 1. The lowest BCUT2D eigenvalue weighted by atomic mass is 10.1. The molecule has 0 atom stereocenters. The predicted molar refractivity (Wildman–Crippen MR) is 73.8 cm³/mol. The molecule has 1 heterocycles. The Kier molecular flexibility index (Phi) is 3.27. The topological polar surface area (TPSA) is 85.5 Å². The van der Waals surface area contributed by atoms with Crippen LogP contribution >= 0.6 is 0 Å². The first kappa shape index (κ1) is 13.1. The Labute approximate surface area is 120 Å². The van der Waals surface area contributed by atoms with Gasteiger partial charge in [0.15, 0.2) is 6.61 Å². The van der Waals surface area contributed by atoms with Crippen molar-refractivity contribution >= 4 is 16.7 Å². The van der Waals surface area contributed by atoms with E-state index in [4.69, 9.17) is 9.15 Å². The zero-order valence-corrected chi connectivity index (χ0v) is 11.2. The Balaban J connectivity index is 1.82. The van der Waals surface area contributed by atoms with Gasteiger partial charge >= 0.3 is 5.97 Å². The van der Waals surface area contributed by atoms with Gasteiger partial charge in [0.1, 0.15) is 11.3 Å². The van der Waals surface area contributed by atoms with Crippen molar-refractivity contribution in [2.24, 2.45) is 0 Å². The fourth-order valence-corrected chi connectivity index (χ4v) is 1.99. The van der Waals surface area contributed by atoms with Gasteiger partial charge < -0.3 is 14.3 Å². The average molecular weight is 284 g/mol. The number of phenolic OH excluding ortho intramolecular Hbond substituents is 1. The van der Waals surface area contributed by atoms with Crippen LogP contribution in [0.5, 0.6) is 5.75 Å². The minimum absolute atomic E-state index is 0.102. The van der Waals surface area contributed by atoms with Crippen LogP contribution in [0.1, 0.15) is 22.1 Å². The second-order valence-electron chi connectivity index (χ2n) is 4.51. The highest BCUT2D eigenvalue weighted by molar-refractivity contribution is 5.98. The third-order valence-electron chi connectivity index (χ3n) is 2.98. The monoisotopic (exact) mass is 284 g/mol. The lowest BCUT2D eigenvalue weighted by Gasteiger charge is -2.06. The quantitative estimate of drug-likeness (QED) is 0.744. The first-order valence-electron chi connectivity index (χ1n) is 6.31. The molecular formula is C15H12N2O4. The predicted octanol–water partition coefficient (Wildman–Crippen LogP) is 2.59. The minimum Gasteiger partial charge on any atom is -0.507 e. The van der Waals surface area contributed by atoms with Gasteiger partial charge in [0.05, 0.1) is 0 Å². The van der Waals surface area contributed by atoms with Crippen molar-refractivity contribution in [3.63, 3.8) is 0 Å². The molecule has 1 aromatic heterocycles. The van der Waals surface area contributed by atoms with Crippen LogP contribution < -0.4 is 0 Å². The molecule has 6 heteroatoms. The van der Waals surface area contributed by atoms with Crippen molar-refractivity contribution in [3.8, 4) is 5.75 Å². The number of carbonyl (C=O) groups excluding carboxylic acids is 1. The standard InChI is InChI=1S/C15H12N2O4/c1-9-16-17-14(21-9)8-20-15(19)12-6-10-4-2-3-5-11(10)7-13(12)18/h2-7,18H,8H2,1H3. The van der Waals surface area contributed by atoms with Gasteiger partial charge in [0, 0.05) is 6.92 Å². The summed E-state index contributed by atoms with van der Waals surface area (Å²) in [7, 11) is 0. The highest BCUT2D eigenvalue weighted by atomic mass is 16.5. The zero-order valence-electron chi connectivity index (χ0n) is 11.2. The highest BCUT2D eigenvalue weighted by Crippen LogP contribution is 2.25. The highest BCUT2D eigenvalue weighted by Gasteiger charge is 2.15. The number of nitrogens with zero attached hydrogens (tertiary/aromatic N) is 2. The van der Waals surface area contributed by atoms with E-state index in [0.717, 1.165) is 10.8 Å². The second kappa shape index (κ2) is 5.24. The lowest BCUT2D eigenvalue weighted by Crippen LogP contribution is -2.06. The van der Waals surface area contributed by atoms with Crippen LogP contribution in [-0.2, 0) is 11.3 Å². The Hall–Kier alpha value is -2.89. The van der Waals surface area contributed by atoms with E-state index >= 15 is 0 Å². The third kappa shape index (κ3) is 2.69. The summed E-state index contributed by atoms with van der Waals surface area (Å²) in [5.41, 5.74) is 0.102. The van der Waals surface area contributed by atoms with E-state index < -0.39 is 5.97 Å². The molecule has 1 N–H and O–H groups in total. The van der Waals surface area contributed by atoms with Crippen molar-refractivity contribution in [3.05, 3.63) is 53.7 Å². The number of benzene rings is 2. The average Bonchev–Trinajstić information content (AvgIpc) is 2.89. The normalized spacial score (nSPS) is 10.7. The lowest BCUT2D eigenvalue weighted by molar-refractivity contribution is 0.0434. The maximum Gasteiger partial charge on any atom is 0.342 e. The van der Waals surface area contributed by atoms with E-state index in [0.29, 0.717) is 5.89 Å². The molecule has 21 heavy (non-hydrogen) atoms. The molecule has 0 bridgehead atoms. The fourth-order valence-electron chi connectivity index (χ4n) is 1.99. The molecule has 0 saturated heterocycles. The van der Waals surface area contributed by atoms with Gasteiger partial charge in [-0.3, -0.25) is 0 Å². The number of aryl methyl sites for hydroxylation is 1. The van der Waals surface area contributed by atoms with Crippen LogP contribution in [0.15, 0.2) is 40.8 Å². The number of aromatic hydroxyl groups is 1. The number of rotatable bonds is 3. The summed E-state index contributed by atoms with van der Waals surface area (Å²) in [5, 5.41) is 19.0.